The second-order valence-corrected chi connectivity index (χ2v) is 8.24. The maximum Gasteiger partial charge on any atom is 0.258 e. The van der Waals surface area contributed by atoms with Crippen LogP contribution in [0.2, 0.25) is 0 Å². The molecule has 0 aliphatic carbocycles. The van der Waals surface area contributed by atoms with Crippen LogP contribution in [0.15, 0.2) is 55.0 Å². The Bertz CT molecular complexity index is 1310. The quantitative estimate of drug-likeness (QED) is 0.456. The van der Waals surface area contributed by atoms with Gasteiger partial charge in [0.05, 0.1) is 29.6 Å². The highest BCUT2D eigenvalue weighted by Crippen LogP contribution is 2.22. The summed E-state index contributed by atoms with van der Waals surface area (Å²) in [6.07, 6.45) is 7.30. The molecule has 5 rings (SSSR count). The Hall–Kier alpha value is -3.81. The van der Waals surface area contributed by atoms with Crippen molar-refractivity contribution in [3.63, 3.8) is 0 Å². The zero-order chi connectivity index (χ0) is 22.2. The Morgan fingerprint density at radius 3 is 2.69 bits per heavy atom. The van der Waals surface area contributed by atoms with Gasteiger partial charge >= 0.3 is 0 Å². The lowest BCUT2D eigenvalue weighted by Gasteiger charge is -2.21. The number of aromatic nitrogens is 5. The minimum absolute atomic E-state index is 0.0688. The molecule has 1 aliphatic rings. The van der Waals surface area contributed by atoms with Crippen LogP contribution in [0.1, 0.15) is 46.3 Å². The molecule has 1 fully saturated rings. The lowest BCUT2D eigenvalue weighted by Crippen LogP contribution is -2.34. The van der Waals surface area contributed by atoms with Gasteiger partial charge in [0.25, 0.3) is 5.91 Å². The molecule has 1 saturated heterocycles. The Morgan fingerprint density at radius 1 is 1.12 bits per heavy atom. The van der Waals surface area contributed by atoms with E-state index in [-0.39, 0.29) is 24.2 Å². The van der Waals surface area contributed by atoms with Gasteiger partial charge in [0.2, 0.25) is 5.78 Å². The van der Waals surface area contributed by atoms with Crippen molar-refractivity contribution in [1.29, 1.82) is 0 Å². The minimum Gasteiger partial charge on any atom is -0.336 e. The number of imidazole rings is 1. The number of nitrogens with zero attached hydrogens (tertiary/aromatic N) is 6. The number of hydrogen-bond donors (Lipinski definition) is 0. The number of benzene rings is 1. The van der Waals surface area contributed by atoms with Crippen LogP contribution < -0.4 is 0 Å². The predicted molar refractivity (Wildman–Crippen MR) is 119 cm³/mol. The first-order chi connectivity index (χ1) is 15.5. The first kappa shape index (κ1) is 20.1. The minimum atomic E-state index is -0.188. The van der Waals surface area contributed by atoms with Gasteiger partial charge in [0.1, 0.15) is 5.69 Å². The van der Waals surface area contributed by atoms with Crippen molar-refractivity contribution < 1.29 is 9.59 Å². The summed E-state index contributed by atoms with van der Waals surface area (Å²) in [7, 11) is 1.69. The predicted octanol–water partition coefficient (Wildman–Crippen LogP) is 3.18. The van der Waals surface area contributed by atoms with Gasteiger partial charge in [0.15, 0.2) is 5.78 Å². The molecule has 162 valence electrons. The van der Waals surface area contributed by atoms with E-state index in [2.05, 4.69) is 15.1 Å². The average Bonchev–Trinajstić information content (AvgIpc) is 3.51. The van der Waals surface area contributed by atoms with Gasteiger partial charge in [-0.1, -0.05) is 30.3 Å². The number of likely N-dealkylation sites (tertiary alicyclic amines) is 1. The van der Waals surface area contributed by atoms with Crippen LogP contribution >= 0.6 is 0 Å². The molecule has 1 aliphatic heterocycles. The summed E-state index contributed by atoms with van der Waals surface area (Å²) in [6, 6.07) is 11.9. The maximum absolute atomic E-state index is 13.2. The van der Waals surface area contributed by atoms with Crippen LogP contribution in [0, 0.1) is 0 Å². The third kappa shape index (κ3) is 3.57. The van der Waals surface area contributed by atoms with Gasteiger partial charge < -0.3 is 4.90 Å². The van der Waals surface area contributed by atoms with E-state index in [0.29, 0.717) is 29.3 Å². The number of rotatable bonds is 5. The number of hydrogen-bond acceptors (Lipinski definition) is 5. The molecule has 0 bridgehead atoms. The highest BCUT2D eigenvalue weighted by Gasteiger charge is 2.31. The molecule has 32 heavy (non-hydrogen) atoms. The molecule has 1 aromatic carbocycles. The summed E-state index contributed by atoms with van der Waals surface area (Å²) in [5, 5.41) is 4.20. The van der Waals surface area contributed by atoms with Crippen molar-refractivity contribution in [3.8, 4) is 11.3 Å². The molecular weight excluding hydrogens is 404 g/mol. The molecule has 1 atom stereocenters. The number of fused-ring (bicyclic) bond motifs is 1. The van der Waals surface area contributed by atoms with Gasteiger partial charge in [-0.3, -0.25) is 18.7 Å². The van der Waals surface area contributed by atoms with Gasteiger partial charge in [0, 0.05) is 37.6 Å². The molecule has 4 aromatic rings. The summed E-state index contributed by atoms with van der Waals surface area (Å²) in [6.45, 7) is 2.75. The van der Waals surface area contributed by atoms with Crippen LogP contribution in [-0.2, 0) is 13.5 Å². The van der Waals surface area contributed by atoms with E-state index in [1.807, 2.05) is 65.0 Å². The SMILES string of the molecule is CC1CCCN1C(=O)c1cnn(C)c1C(=O)Cc1ccn2cc(-c3ccccc3)nc2n1. The molecule has 0 radical (unpaired) electrons. The number of ketones is 1. The summed E-state index contributed by atoms with van der Waals surface area (Å²) in [4.78, 5) is 37.2. The zero-order valence-electron chi connectivity index (χ0n) is 18.1. The lowest BCUT2D eigenvalue weighted by molar-refractivity contribution is 0.0741. The molecular formula is C24H24N6O2. The molecule has 0 spiro atoms. The van der Waals surface area contributed by atoms with E-state index < -0.39 is 0 Å². The molecule has 3 aromatic heterocycles. The highest BCUT2D eigenvalue weighted by atomic mass is 16.2. The van der Waals surface area contributed by atoms with Crippen LogP contribution in [0.5, 0.6) is 0 Å². The summed E-state index contributed by atoms with van der Waals surface area (Å²) < 4.78 is 3.32. The highest BCUT2D eigenvalue weighted by molar-refractivity contribution is 6.07. The standard InChI is InChI=1S/C24H24N6O2/c1-16-7-6-11-30(16)23(32)19-14-25-28(2)22(19)21(31)13-18-10-12-29-15-20(27-24(29)26-18)17-8-4-3-5-9-17/h3-5,8-10,12,14-16H,6-7,11,13H2,1-2H3. The Kier molecular flexibility index (Phi) is 5.05. The monoisotopic (exact) mass is 428 g/mol. The third-order valence-corrected chi connectivity index (χ3v) is 6.04. The fourth-order valence-corrected chi connectivity index (χ4v) is 4.32. The van der Waals surface area contributed by atoms with Gasteiger partial charge in [-0.15, -0.1) is 0 Å². The van der Waals surface area contributed by atoms with Crippen LogP contribution in [0.3, 0.4) is 0 Å². The van der Waals surface area contributed by atoms with Crippen molar-refractivity contribution in [2.75, 3.05) is 6.54 Å². The molecule has 1 amide bonds. The average molecular weight is 428 g/mol. The van der Waals surface area contributed by atoms with Gasteiger partial charge in [-0.25, -0.2) is 9.97 Å². The molecule has 4 heterocycles. The molecule has 8 nitrogen and oxygen atoms in total. The van der Waals surface area contributed by atoms with Crippen LogP contribution in [0.4, 0.5) is 0 Å². The van der Waals surface area contributed by atoms with Gasteiger partial charge in [-0.2, -0.15) is 5.10 Å². The number of carbonyl (C=O) groups is 2. The second kappa shape index (κ2) is 8.03. The second-order valence-electron chi connectivity index (χ2n) is 8.24. The summed E-state index contributed by atoms with van der Waals surface area (Å²) >= 11 is 0. The van der Waals surface area contributed by atoms with Crippen LogP contribution in [-0.4, -0.2) is 53.3 Å². The fraction of sp³-hybridized carbons (Fsp3) is 0.292. The molecule has 0 N–H and O–H groups in total. The van der Waals surface area contributed by atoms with Crippen molar-refractivity contribution in [2.24, 2.45) is 7.05 Å². The van der Waals surface area contributed by atoms with E-state index in [1.165, 1.54) is 10.9 Å². The van der Waals surface area contributed by atoms with Gasteiger partial charge in [-0.05, 0) is 25.8 Å². The number of carbonyl (C=O) groups excluding carboxylic acids is 2. The number of Topliss-reactive ketones (excluding diaryl/α,β-unsaturated/α-hetero) is 1. The topological polar surface area (TPSA) is 85.4 Å². The zero-order valence-corrected chi connectivity index (χ0v) is 18.1. The summed E-state index contributed by atoms with van der Waals surface area (Å²) in [5.74, 6) is 0.212. The first-order valence-electron chi connectivity index (χ1n) is 10.8. The lowest BCUT2D eigenvalue weighted by atomic mass is 10.1. The van der Waals surface area contributed by atoms with Crippen LogP contribution in [0.25, 0.3) is 17.0 Å². The Labute approximate surface area is 185 Å². The third-order valence-electron chi connectivity index (χ3n) is 6.04. The van der Waals surface area contributed by atoms with Crippen molar-refractivity contribution >= 4 is 17.5 Å². The molecule has 1 unspecified atom stereocenters. The van der Waals surface area contributed by atoms with Crippen molar-refractivity contribution in [1.82, 2.24) is 29.0 Å². The Morgan fingerprint density at radius 2 is 1.94 bits per heavy atom. The van der Waals surface area contributed by atoms with E-state index in [0.717, 1.165) is 24.1 Å². The summed E-state index contributed by atoms with van der Waals surface area (Å²) in [5.41, 5.74) is 3.11. The van der Waals surface area contributed by atoms with Crippen molar-refractivity contribution in [2.45, 2.75) is 32.2 Å². The first-order valence-corrected chi connectivity index (χ1v) is 10.8. The largest absolute Gasteiger partial charge is 0.336 e. The number of aryl methyl sites for hydroxylation is 1. The van der Waals surface area contributed by atoms with E-state index >= 15 is 0 Å². The fourth-order valence-electron chi connectivity index (χ4n) is 4.32. The van der Waals surface area contributed by atoms with Crippen molar-refractivity contribution in [3.05, 3.63) is 71.9 Å². The Balaban J connectivity index is 1.41. The molecule has 8 heteroatoms. The number of amides is 1. The van der Waals surface area contributed by atoms with E-state index in [1.54, 1.807) is 7.05 Å². The normalized spacial score (nSPS) is 16.1. The maximum atomic E-state index is 13.2. The van der Waals surface area contributed by atoms with E-state index in [9.17, 15) is 9.59 Å². The molecule has 0 saturated carbocycles. The van der Waals surface area contributed by atoms with E-state index in [4.69, 9.17) is 0 Å². The smallest absolute Gasteiger partial charge is 0.258 e.